The number of hydrogen-bond acceptors (Lipinski definition) is 5. The number of benzene rings is 2. The van der Waals surface area contributed by atoms with E-state index in [1.165, 1.54) is 23.9 Å². The van der Waals surface area contributed by atoms with Crippen LogP contribution in [0.2, 0.25) is 20.1 Å². The minimum absolute atomic E-state index is 0.0206. The lowest BCUT2D eigenvalue weighted by Gasteiger charge is -2.22. The molecule has 12 heteroatoms. The highest BCUT2D eigenvalue weighted by Gasteiger charge is 2.26. The second-order valence-electron chi connectivity index (χ2n) is 7.66. The Morgan fingerprint density at radius 2 is 1.68 bits per heavy atom. The first-order valence-corrected chi connectivity index (χ1v) is 12.6. The molecule has 0 saturated carbocycles. The smallest absolute Gasteiger partial charge is 0.253 e. The Labute approximate surface area is 221 Å². The standard InChI is InChI=1S/C22H21Cl4N5O2S/c1-11(2)19(28-21(33)12-6-4-5-7-13(12)23)20-29-30-22(31(20)3)34-10-18(32)27-17-9-15(25)14(24)8-16(17)26/h4-9,11,19H,10H2,1-3H3,(H,27,32)(H,28,33)/t19-/m1/s1. The number of nitrogens with zero attached hydrogens (tertiary/aromatic N) is 3. The normalized spacial score (nSPS) is 12.0. The first kappa shape index (κ1) is 26.6. The van der Waals surface area contributed by atoms with Gasteiger partial charge in [0, 0.05) is 7.05 Å². The average molecular weight is 561 g/mol. The number of nitrogens with one attached hydrogen (secondary N) is 2. The minimum atomic E-state index is -0.417. The van der Waals surface area contributed by atoms with Gasteiger partial charge in [-0.25, -0.2) is 0 Å². The zero-order valence-electron chi connectivity index (χ0n) is 18.4. The maximum atomic E-state index is 12.8. The van der Waals surface area contributed by atoms with Crippen LogP contribution in [0.25, 0.3) is 0 Å². The number of halogens is 4. The SMILES string of the molecule is CC(C)[C@@H](NC(=O)c1ccccc1Cl)c1nnc(SCC(=O)Nc2cc(Cl)c(Cl)cc2Cl)n1C. The third-order valence-corrected chi connectivity index (χ3v) is 7.22. The maximum Gasteiger partial charge on any atom is 0.253 e. The maximum absolute atomic E-state index is 12.8. The Bertz CT molecular complexity index is 1220. The number of amides is 2. The van der Waals surface area contributed by atoms with Gasteiger partial charge in [-0.05, 0) is 30.2 Å². The monoisotopic (exact) mass is 559 g/mol. The van der Waals surface area contributed by atoms with E-state index in [-0.39, 0.29) is 33.5 Å². The van der Waals surface area contributed by atoms with E-state index in [9.17, 15) is 9.59 Å². The fourth-order valence-electron chi connectivity index (χ4n) is 3.05. The van der Waals surface area contributed by atoms with Crippen molar-refractivity contribution in [1.29, 1.82) is 0 Å². The molecule has 180 valence electrons. The number of hydrogen-bond donors (Lipinski definition) is 2. The van der Waals surface area contributed by atoms with Gasteiger partial charge < -0.3 is 15.2 Å². The molecule has 7 nitrogen and oxygen atoms in total. The Morgan fingerprint density at radius 1 is 1.00 bits per heavy atom. The van der Waals surface area contributed by atoms with Gasteiger partial charge in [-0.15, -0.1) is 10.2 Å². The summed E-state index contributed by atoms with van der Waals surface area (Å²) in [7, 11) is 1.78. The predicted molar refractivity (Wildman–Crippen MR) is 138 cm³/mol. The molecule has 0 fully saturated rings. The molecule has 0 radical (unpaired) electrons. The van der Waals surface area contributed by atoms with Crippen LogP contribution in [0.3, 0.4) is 0 Å². The third kappa shape index (κ3) is 6.37. The third-order valence-electron chi connectivity index (χ3n) is 4.83. The topological polar surface area (TPSA) is 88.9 Å². The van der Waals surface area contributed by atoms with Crippen LogP contribution in [0.15, 0.2) is 41.6 Å². The second kappa shape index (κ2) is 11.6. The summed E-state index contributed by atoms with van der Waals surface area (Å²) < 4.78 is 1.75. The number of carbonyl (C=O) groups is 2. The summed E-state index contributed by atoms with van der Waals surface area (Å²) in [6, 6.07) is 9.37. The van der Waals surface area contributed by atoms with Crippen molar-refractivity contribution in [3.8, 4) is 0 Å². The molecule has 0 spiro atoms. The summed E-state index contributed by atoms with van der Waals surface area (Å²) in [5, 5.41) is 15.9. The first-order chi connectivity index (χ1) is 16.1. The second-order valence-corrected chi connectivity index (χ2v) is 10.2. The molecule has 1 heterocycles. The number of rotatable bonds is 8. The summed E-state index contributed by atoms with van der Waals surface area (Å²) in [4.78, 5) is 25.2. The molecule has 3 rings (SSSR count). The van der Waals surface area contributed by atoms with Gasteiger partial charge in [-0.1, -0.05) is 84.1 Å². The van der Waals surface area contributed by atoms with Crippen LogP contribution in [-0.2, 0) is 11.8 Å². The highest BCUT2D eigenvalue weighted by molar-refractivity contribution is 7.99. The van der Waals surface area contributed by atoms with E-state index < -0.39 is 6.04 Å². The minimum Gasteiger partial charge on any atom is -0.342 e. The molecule has 0 aliphatic rings. The van der Waals surface area contributed by atoms with Crippen molar-refractivity contribution >= 4 is 75.7 Å². The van der Waals surface area contributed by atoms with E-state index in [1.54, 1.807) is 35.9 Å². The number of aromatic nitrogens is 3. The van der Waals surface area contributed by atoms with Crippen molar-refractivity contribution in [3.05, 3.63) is 67.9 Å². The lowest BCUT2D eigenvalue weighted by atomic mass is 10.0. The van der Waals surface area contributed by atoms with Gasteiger partial charge in [0.1, 0.15) is 0 Å². The zero-order chi connectivity index (χ0) is 25.0. The molecule has 1 atom stereocenters. The Morgan fingerprint density at radius 3 is 2.35 bits per heavy atom. The van der Waals surface area contributed by atoms with Crippen molar-refractivity contribution < 1.29 is 9.59 Å². The van der Waals surface area contributed by atoms with E-state index >= 15 is 0 Å². The molecule has 0 saturated heterocycles. The molecule has 1 aromatic heterocycles. The molecule has 2 N–H and O–H groups in total. The zero-order valence-corrected chi connectivity index (χ0v) is 22.2. The van der Waals surface area contributed by atoms with Crippen LogP contribution in [0, 0.1) is 5.92 Å². The molecule has 34 heavy (non-hydrogen) atoms. The lowest BCUT2D eigenvalue weighted by Crippen LogP contribution is -2.33. The average Bonchev–Trinajstić information content (AvgIpc) is 3.14. The quantitative estimate of drug-likeness (QED) is 0.250. The Hall–Kier alpha value is -1.97. The molecule has 2 aromatic carbocycles. The Balaban J connectivity index is 1.69. The molecule has 2 amide bonds. The van der Waals surface area contributed by atoms with E-state index in [4.69, 9.17) is 46.4 Å². The van der Waals surface area contributed by atoms with Gasteiger partial charge in [0.15, 0.2) is 11.0 Å². The van der Waals surface area contributed by atoms with Gasteiger partial charge in [-0.3, -0.25) is 9.59 Å². The molecule has 0 aliphatic heterocycles. The van der Waals surface area contributed by atoms with Crippen LogP contribution in [0.5, 0.6) is 0 Å². The van der Waals surface area contributed by atoms with Crippen LogP contribution in [0.1, 0.15) is 36.1 Å². The van der Waals surface area contributed by atoms with Gasteiger partial charge in [0.25, 0.3) is 5.91 Å². The molecule has 0 bridgehead atoms. The van der Waals surface area contributed by atoms with Crippen molar-refractivity contribution in [2.45, 2.75) is 25.0 Å². The molecule has 0 unspecified atom stereocenters. The largest absolute Gasteiger partial charge is 0.342 e. The van der Waals surface area contributed by atoms with Crippen LogP contribution in [-0.4, -0.2) is 32.3 Å². The van der Waals surface area contributed by atoms with E-state index in [2.05, 4.69) is 20.8 Å². The van der Waals surface area contributed by atoms with E-state index in [0.717, 1.165) is 0 Å². The molecule has 3 aromatic rings. The number of thioether (sulfide) groups is 1. The van der Waals surface area contributed by atoms with E-state index in [0.29, 0.717) is 32.3 Å². The number of anilines is 1. The summed E-state index contributed by atoms with van der Waals surface area (Å²) >= 11 is 25.4. The van der Waals surface area contributed by atoms with Gasteiger partial charge in [0.05, 0.1) is 43.1 Å². The van der Waals surface area contributed by atoms with Crippen LogP contribution in [0.4, 0.5) is 5.69 Å². The molecular formula is C22H21Cl4N5O2S. The lowest BCUT2D eigenvalue weighted by molar-refractivity contribution is -0.113. The Kier molecular flexibility index (Phi) is 9.12. The fraction of sp³-hybridized carbons (Fsp3) is 0.273. The van der Waals surface area contributed by atoms with Crippen molar-refractivity contribution in [2.75, 3.05) is 11.1 Å². The van der Waals surface area contributed by atoms with Crippen LogP contribution >= 0.6 is 58.2 Å². The summed E-state index contributed by atoms with van der Waals surface area (Å²) in [5.41, 5.74) is 0.742. The van der Waals surface area contributed by atoms with Crippen LogP contribution < -0.4 is 10.6 Å². The van der Waals surface area contributed by atoms with Crippen molar-refractivity contribution in [1.82, 2.24) is 20.1 Å². The fourth-order valence-corrected chi connectivity index (χ4v) is 4.58. The summed E-state index contributed by atoms with van der Waals surface area (Å²) in [5.74, 6) is 0.0284. The van der Waals surface area contributed by atoms with E-state index in [1.807, 2.05) is 13.8 Å². The summed E-state index contributed by atoms with van der Waals surface area (Å²) in [6.07, 6.45) is 0. The summed E-state index contributed by atoms with van der Waals surface area (Å²) in [6.45, 7) is 3.93. The van der Waals surface area contributed by atoms with Gasteiger partial charge in [0.2, 0.25) is 5.91 Å². The highest BCUT2D eigenvalue weighted by Crippen LogP contribution is 2.32. The predicted octanol–water partition coefficient (Wildman–Crippen LogP) is 6.29. The molecular weight excluding hydrogens is 540 g/mol. The molecule has 0 aliphatic carbocycles. The van der Waals surface area contributed by atoms with Gasteiger partial charge >= 0.3 is 0 Å². The first-order valence-electron chi connectivity index (χ1n) is 10.1. The van der Waals surface area contributed by atoms with Gasteiger partial charge in [-0.2, -0.15) is 0 Å². The highest BCUT2D eigenvalue weighted by atomic mass is 35.5. The van der Waals surface area contributed by atoms with Crippen molar-refractivity contribution in [2.24, 2.45) is 13.0 Å². The number of carbonyl (C=O) groups excluding carboxylic acids is 2. The van der Waals surface area contributed by atoms with Crippen molar-refractivity contribution in [3.63, 3.8) is 0 Å².